The van der Waals surface area contributed by atoms with Crippen LogP contribution in [0.15, 0.2) is 91.0 Å². The first kappa shape index (κ1) is 22.8. The summed E-state index contributed by atoms with van der Waals surface area (Å²) >= 11 is 0. The van der Waals surface area contributed by atoms with Crippen LogP contribution in [0.25, 0.3) is 6.08 Å². The van der Waals surface area contributed by atoms with Gasteiger partial charge >= 0.3 is 0 Å². The molecule has 0 saturated carbocycles. The summed E-state index contributed by atoms with van der Waals surface area (Å²) in [5, 5.41) is 10.5. The van der Waals surface area contributed by atoms with Crippen LogP contribution in [0.5, 0.6) is 5.75 Å². The number of carbonyl (C=O) groups excluding carboxylic acids is 1. The van der Waals surface area contributed by atoms with E-state index in [1.807, 2.05) is 48.5 Å². The number of nitrogens with zero attached hydrogens (tertiary/aromatic N) is 2. The minimum atomic E-state index is -0.563. The van der Waals surface area contributed by atoms with Crippen molar-refractivity contribution in [3.05, 3.63) is 102 Å². The number of para-hydroxylation sites is 1. The number of ketones is 1. The summed E-state index contributed by atoms with van der Waals surface area (Å²) in [6, 6.07) is 27.2. The van der Waals surface area contributed by atoms with Gasteiger partial charge in [-0.25, -0.2) is 0 Å². The molecule has 0 spiro atoms. The predicted octanol–water partition coefficient (Wildman–Crippen LogP) is 4.14. The van der Waals surface area contributed by atoms with Crippen LogP contribution in [0, 0.1) is 0 Å². The highest BCUT2D eigenvalue weighted by atomic mass is 16.5. The van der Waals surface area contributed by atoms with Gasteiger partial charge in [0.25, 0.3) is 0 Å². The Bertz CT molecular complexity index is 1050. The fourth-order valence-electron chi connectivity index (χ4n) is 3.95. The molecule has 0 radical (unpaired) electrons. The highest BCUT2D eigenvalue weighted by Crippen LogP contribution is 2.17. The van der Waals surface area contributed by atoms with Crippen LogP contribution in [-0.2, 0) is 0 Å². The standard InChI is InChI=1S/C28H30N2O3/c31-26(21-29-16-18-30(19-17-29)25-11-5-2-6-12-25)22-33-27-13-7-8-23(20-27)14-15-28(32)24-9-3-1-4-10-24/h1-15,20,26,31H,16-19,21-22H2/b15-14+. The summed E-state index contributed by atoms with van der Waals surface area (Å²) in [4.78, 5) is 16.9. The maximum atomic E-state index is 12.2. The van der Waals surface area contributed by atoms with Crippen molar-refractivity contribution in [3.63, 3.8) is 0 Å². The van der Waals surface area contributed by atoms with Gasteiger partial charge in [-0.1, -0.05) is 66.7 Å². The van der Waals surface area contributed by atoms with Gasteiger partial charge in [-0.05, 0) is 35.9 Å². The van der Waals surface area contributed by atoms with Crippen LogP contribution in [-0.4, -0.2) is 61.2 Å². The lowest BCUT2D eigenvalue weighted by Crippen LogP contribution is -2.49. The number of β-amino-alcohol motifs (C(OH)–C–C–N with tert-alkyl or cyclic N) is 1. The summed E-state index contributed by atoms with van der Waals surface area (Å²) in [7, 11) is 0. The Balaban J connectivity index is 1.22. The number of benzene rings is 3. The number of piperazine rings is 1. The third-order valence-electron chi connectivity index (χ3n) is 5.75. The molecule has 4 rings (SSSR count). The molecule has 1 aliphatic rings. The third kappa shape index (κ3) is 6.78. The fourth-order valence-corrected chi connectivity index (χ4v) is 3.95. The Kier molecular flexibility index (Phi) is 7.90. The lowest BCUT2D eigenvalue weighted by molar-refractivity contribution is 0.0663. The van der Waals surface area contributed by atoms with E-state index in [1.165, 1.54) is 5.69 Å². The van der Waals surface area contributed by atoms with Gasteiger partial charge in [0.15, 0.2) is 5.78 Å². The number of rotatable bonds is 9. The molecule has 3 aromatic carbocycles. The van der Waals surface area contributed by atoms with E-state index in [4.69, 9.17) is 4.74 Å². The molecule has 1 N–H and O–H groups in total. The number of ether oxygens (including phenoxy) is 1. The molecule has 0 amide bonds. The number of allylic oxidation sites excluding steroid dienone is 1. The molecule has 0 aliphatic carbocycles. The van der Waals surface area contributed by atoms with Crippen molar-refractivity contribution in [3.8, 4) is 5.75 Å². The average Bonchev–Trinajstić information content (AvgIpc) is 2.88. The van der Waals surface area contributed by atoms with E-state index in [9.17, 15) is 9.90 Å². The first-order chi connectivity index (χ1) is 16.2. The van der Waals surface area contributed by atoms with E-state index < -0.39 is 6.10 Å². The maximum absolute atomic E-state index is 12.2. The molecule has 1 fully saturated rings. The molecule has 33 heavy (non-hydrogen) atoms. The second-order valence-electron chi connectivity index (χ2n) is 8.22. The summed E-state index contributed by atoms with van der Waals surface area (Å²) < 4.78 is 5.83. The zero-order valence-corrected chi connectivity index (χ0v) is 18.7. The molecule has 1 saturated heterocycles. The van der Waals surface area contributed by atoms with Gasteiger partial charge in [0.2, 0.25) is 0 Å². The zero-order valence-electron chi connectivity index (χ0n) is 18.7. The van der Waals surface area contributed by atoms with E-state index in [1.54, 1.807) is 24.3 Å². The highest BCUT2D eigenvalue weighted by molar-refractivity contribution is 6.06. The first-order valence-corrected chi connectivity index (χ1v) is 11.4. The summed E-state index contributed by atoms with van der Waals surface area (Å²) in [6.45, 7) is 4.56. The van der Waals surface area contributed by atoms with Crippen molar-refractivity contribution in [1.29, 1.82) is 0 Å². The number of hydrogen-bond donors (Lipinski definition) is 1. The van der Waals surface area contributed by atoms with Crippen molar-refractivity contribution in [1.82, 2.24) is 4.90 Å². The number of anilines is 1. The molecule has 0 aromatic heterocycles. The van der Waals surface area contributed by atoms with Gasteiger partial charge in [-0.3, -0.25) is 9.69 Å². The Morgan fingerprint density at radius 1 is 0.909 bits per heavy atom. The Morgan fingerprint density at radius 2 is 1.61 bits per heavy atom. The molecule has 1 heterocycles. The van der Waals surface area contributed by atoms with Crippen molar-refractivity contribution < 1.29 is 14.6 Å². The van der Waals surface area contributed by atoms with Crippen molar-refractivity contribution in [2.75, 3.05) is 44.2 Å². The minimum Gasteiger partial charge on any atom is -0.491 e. The van der Waals surface area contributed by atoms with E-state index >= 15 is 0 Å². The quantitative estimate of drug-likeness (QED) is 0.399. The molecule has 5 nitrogen and oxygen atoms in total. The van der Waals surface area contributed by atoms with Crippen LogP contribution >= 0.6 is 0 Å². The predicted molar refractivity (Wildman–Crippen MR) is 133 cm³/mol. The lowest BCUT2D eigenvalue weighted by atomic mass is 10.1. The Hall–Kier alpha value is -3.41. The number of carbonyl (C=O) groups is 1. The zero-order chi connectivity index (χ0) is 22.9. The van der Waals surface area contributed by atoms with E-state index in [0.29, 0.717) is 17.9 Å². The van der Waals surface area contributed by atoms with E-state index in [-0.39, 0.29) is 12.4 Å². The molecule has 1 aliphatic heterocycles. The molecule has 5 heteroatoms. The molecular formula is C28H30N2O3. The van der Waals surface area contributed by atoms with Gasteiger partial charge in [0.05, 0.1) is 0 Å². The van der Waals surface area contributed by atoms with Crippen LogP contribution in [0.1, 0.15) is 15.9 Å². The second-order valence-corrected chi connectivity index (χ2v) is 8.22. The van der Waals surface area contributed by atoms with E-state index in [2.05, 4.69) is 34.1 Å². The van der Waals surface area contributed by atoms with Crippen molar-refractivity contribution in [2.24, 2.45) is 0 Å². The van der Waals surface area contributed by atoms with Crippen LogP contribution in [0.4, 0.5) is 5.69 Å². The SMILES string of the molecule is O=C(/C=C/c1cccc(OCC(O)CN2CCN(c3ccccc3)CC2)c1)c1ccccc1. The third-order valence-corrected chi connectivity index (χ3v) is 5.75. The monoisotopic (exact) mass is 442 g/mol. The Labute approximate surface area is 195 Å². The number of aliphatic hydroxyl groups excluding tert-OH is 1. The Morgan fingerprint density at radius 3 is 2.33 bits per heavy atom. The van der Waals surface area contributed by atoms with Crippen LogP contribution in [0.3, 0.4) is 0 Å². The van der Waals surface area contributed by atoms with Gasteiger partial charge in [-0.2, -0.15) is 0 Å². The molecule has 1 unspecified atom stereocenters. The number of hydrogen-bond acceptors (Lipinski definition) is 5. The summed E-state index contributed by atoms with van der Waals surface area (Å²) in [6.07, 6.45) is 2.79. The molecule has 170 valence electrons. The van der Waals surface area contributed by atoms with Crippen LogP contribution in [0.2, 0.25) is 0 Å². The fraction of sp³-hybridized carbons (Fsp3) is 0.250. The molecule has 3 aromatic rings. The normalized spacial score (nSPS) is 15.5. The topological polar surface area (TPSA) is 53.0 Å². The molecular weight excluding hydrogens is 412 g/mol. The first-order valence-electron chi connectivity index (χ1n) is 11.4. The highest BCUT2D eigenvalue weighted by Gasteiger charge is 2.19. The van der Waals surface area contributed by atoms with Crippen LogP contribution < -0.4 is 9.64 Å². The number of aliphatic hydroxyl groups is 1. The molecule has 1 atom stereocenters. The van der Waals surface area contributed by atoms with Gasteiger partial charge < -0.3 is 14.7 Å². The lowest BCUT2D eigenvalue weighted by Gasteiger charge is -2.36. The second kappa shape index (κ2) is 11.5. The van der Waals surface area contributed by atoms with Gasteiger partial charge in [-0.15, -0.1) is 0 Å². The van der Waals surface area contributed by atoms with E-state index in [0.717, 1.165) is 31.7 Å². The van der Waals surface area contributed by atoms with Crippen molar-refractivity contribution in [2.45, 2.75) is 6.10 Å². The van der Waals surface area contributed by atoms with Gasteiger partial charge in [0, 0.05) is 44.0 Å². The minimum absolute atomic E-state index is 0.0373. The summed E-state index contributed by atoms with van der Waals surface area (Å²) in [5.74, 6) is 0.641. The smallest absolute Gasteiger partial charge is 0.185 e. The molecule has 0 bridgehead atoms. The average molecular weight is 443 g/mol. The van der Waals surface area contributed by atoms with Gasteiger partial charge in [0.1, 0.15) is 18.5 Å². The summed E-state index contributed by atoms with van der Waals surface area (Å²) in [5.41, 5.74) is 2.79. The van der Waals surface area contributed by atoms with Crippen molar-refractivity contribution >= 4 is 17.5 Å². The largest absolute Gasteiger partial charge is 0.491 e. The maximum Gasteiger partial charge on any atom is 0.185 e.